The van der Waals surface area contributed by atoms with Crippen LogP contribution in [0.3, 0.4) is 0 Å². The van der Waals surface area contributed by atoms with E-state index in [1.165, 1.54) is 0 Å². The summed E-state index contributed by atoms with van der Waals surface area (Å²) in [6.45, 7) is 3.26. The predicted molar refractivity (Wildman–Crippen MR) is 147 cm³/mol. The Labute approximate surface area is 224 Å². The number of urea groups is 1. The van der Waals surface area contributed by atoms with Crippen molar-refractivity contribution in [3.8, 4) is 0 Å². The fourth-order valence-corrected chi connectivity index (χ4v) is 4.96. The van der Waals surface area contributed by atoms with Crippen LogP contribution in [0.15, 0.2) is 54.6 Å². The molecule has 2 fully saturated rings. The standard InChI is InChI=1S/C26H33N5O3.2ClH/c27-24(28)20-6-10-22(11-7-20)29-14-16-30(17-15-29)26(34)31(18-19-4-2-1-3-5-19)23-12-8-21(9-13-23)25(32)33;;/h1-7,10-11,21,23H,8-9,12-18H2,(H3,27,28)(H,32,33);2*1H/t21-,23-;;. The molecular formula is C26H35Cl2N5O3. The fraction of sp³-hybridized carbons (Fsp3) is 0.423. The number of nitrogens with zero attached hydrogens (tertiary/aromatic N) is 3. The van der Waals surface area contributed by atoms with Crippen LogP contribution in [0.4, 0.5) is 10.5 Å². The molecule has 196 valence electrons. The number of nitrogens with one attached hydrogen (secondary N) is 1. The molecule has 1 saturated carbocycles. The number of rotatable bonds is 6. The van der Waals surface area contributed by atoms with Crippen molar-refractivity contribution in [1.82, 2.24) is 9.80 Å². The second kappa shape index (κ2) is 13.4. The molecule has 1 heterocycles. The third kappa shape index (κ3) is 7.04. The van der Waals surface area contributed by atoms with E-state index in [1.54, 1.807) is 0 Å². The van der Waals surface area contributed by atoms with Gasteiger partial charge in [0.1, 0.15) is 5.84 Å². The number of anilines is 1. The van der Waals surface area contributed by atoms with Gasteiger partial charge in [0, 0.05) is 50.0 Å². The molecule has 1 saturated heterocycles. The maximum Gasteiger partial charge on any atom is 0.320 e. The number of aliphatic carboxylic acids is 1. The van der Waals surface area contributed by atoms with E-state index in [2.05, 4.69) is 4.90 Å². The number of carbonyl (C=O) groups excluding carboxylic acids is 1. The average molecular weight is 537 g/mol. The molecule has 0 bridgehead atoms. The van der Waals surface area contributed by atoms with Gasteiger partial charge >= 0.3 is 12.0 Å². The minimum atomic E-state index is -0.730. The maximum absolute atomic E-state index is 13.7. The molecule has 4 N–H and O–H groups in total. The molecule has 8 nitrogen and oxygen atoms in total. The van der Waals surface area contributed by atoms with Crippen LogP contribution in [0, 0.1) is 11.3 Å². The fourth-order valence-electron chi connectivity index (χ4n) is 4.96. The topological polar surface area (TPSA) is 114 Å². The molecule has 2 amide bonds. The van der Waals surface area contributed by atoms with Crippen LogP contribution < -0.4 is 10.6 Å². The summed E-state index contributed by atoms with van der Waals surface area (Å²) in [7, 11) is 0. The van der Waals surface area contributed by atoms with Crippen molar-refractivity contribution in [2.45, 2.75) is 38.3 Å². The third-order valence-electron chi connectivity index (χ3n) is 7.02. The monoisotopic (exact) mass is 535 g/mol. The van der Waals surface area contributed by atoms with Gasteiger partial charge in [-0.15, -0.1) is 24.8 Å². The number of amidine groups is 1. The Kier molecular flexibility index (Phi) is 10.9. The molecule has 10 heteroatoms. The minimum absolute atomic E-state index is 0. The van der Waals surface area contributed by atoms with Crippen molar-refractivity contribution >= 4 is 48.3 Å². The summed E-state index contributed by atoms with van der Waals surface area (Å²) in [6.07, 6.45) is 2.67. The zero-order chi connectivity index (χ0) is 24.1. The van der Waals surface area contributed by atoms with E-state index in [1.807, 2.05) is 64.4 Å². The molecule has 2 aromatic carbocycles. The predicted octanol–water partition coefficient (Wildman–Crippen LogP) is 4.20. The molecule has 4 rings (SSSR count). The number of halogens is 2. The molecule has 1 aliphatic heterocycles. The van der Waals surface area contributed by atoms with Crippen LogP contribution in [0.25, 0.3) is 0 Å². The normalized spacial score (nSPS) is 19.4. The summed E-state index contributed by atoms with van der Waals surface area (Å²) in [6, 6.07) is 17.7. The number of benzene rings is 2. The first kappa shape index (κ1) is 29.3. The van der Waals surface area contributed by atoms with Gasteiger partial charge in [0.15, 0.2) is 0 Å². The molecule has 0 spiro atoms. The Hall–Kier alpha value is -2.97. The number of carbonyl (C=O) groups is 2. The Morgan fingerprint density at radius 1 is 0.917 bits per heavy atom. The van der Waals surface area contributed by atoms with Crippen molar-refractivity contribution < 1.29 is 14.7 Å². The Morgan fingerprint density at radius 3 is 2.03 bits per heavy atom. The molecule has 0 atom stereocenters. The largest absolute Gasteiger partial charge is 0.481 e. The van der Waals surface area contributed by atoms with E-state index in [0.717, 1.165) is 37.2 Å². The second-order valence-electron chi connectivity index (χ2n) is 9.17. The highest BCUT2D eigenvalue weighted by molar-refractivity contribution is 5.95. The molecule has 36 heavy (non-hydrogen) atoms. The van der Waals surface area contributed by atoms with Crippen molar-refractivity contribution in [1.29, 1.82) is 5.41 Å². The van der Waals surface area contributed by atoms with E-state index < -0.39 is 5.97 Å². The van der Waals surface area contributed by atoms with E-state index in [-0.39, 0.29) is 48.6 Å². The van der Waals surface area contributed by atoms with E-state index in [0.29, 0.717) is 38.0 Å². The summed E-state index contributed by atoms with van der Waals surface area (Å²) < 4.78 is 0. The highest BCUT2D eigenvalue weighted by Crippen LogP contribution is 2.30. The van der Waals surface area contributed by atoms with Crippen LogP contribution in [0.5, 0.6) is 0 Å². The number of carboxylic acid groups (broad SMARTS) is 1. The summed E-state index contributed by atoms with van der Waals surface area (Å²) >= 11 is 0. The Morgan fingerprint density at radius 2 is 1.50 bits per heavy atom. The first-order chi connectivity index (χ1) is 16.4. The first-order valence-corrected chi connectivity index (χ1v) is 11.9. The van der Waals surface area contributed by atoms with Crippen molar-refractivity contribution in [2.24, 2.45) is 11.7 Å². The van der Waals surface area contributed by atoms with Gasteiger partial charge in [0.25, 0.3) is 0 Å². The molecular weight excluding hydrogens is 501 g/mol. The lowest BCUT2D eigenvalue weighted by Crippen LogP contribution is -2.55. The lowest BCUT2D eigenvalue weighted by atomic mass is 9.85. The summed E-state index contributed by atoms with van der Waals surface area (Å²) in [5.74, 6) is -0.979. The molecule has 1 aliphatic carbocycles. The lowest BCUT2D eigenvalue weighted by molar-refractivity contribution is -0.143. The van der Waals surface area contributed by atoms with Crippen LogP contribution in [-0.4, -0.2) is 65.0 Å². The zero-order valence-corrected chi connectivity index (χ0v) is 21.8. The van der Waals surface area contributed by atoms with Crippen LogP contribution in [-0.2, 0) is 11.3 Å². The highest BCUT2D eigenvalue weighted by Gasteiger charge is 2.34. The number of carboxylic acids is 1. The quantitative estimate of drug-likeness (QED) is 0.378. The highest BCUT2D eigenvalue weighted by atomic mass is 35.5. The number of nitrogen functional groups attached to an aromatic ring is 1. The van der Waals surface area contributed by atoms with Gasteiger partial charge in [-0.3, -0.25) is 10.2 Å². The molecule has 0 aromatic heterocycles. The lowest BCUT2D eigenvalue weighted by Gasteiger charge is -2.42. The second-order valence-corrected chi connectivity index (χ2v) is 9.17. The van der Waals surface area contributed by atoms with Gasteiger partial charge in [-0.1, -0.05) is 30.3 Å². The van der Waals surface area contributed by atoms with Crippen LogP contribution >= 0.6 is 24.8 Å². The Bertz CT molecular complexity index is 1010. The smallest absolute Gasteiger partial charge is 0.320 e. The first-order valence-electron chi connectivity index (χ1n) is 11.9. The molecule has 0 unspecified atom stereocenters. The van der Waals surface area contributed by atoms with Crippen LogP contribution in [0.1, 0.15) is 36.8 Å². The van der Waals surface area contributed by atoms with Crippen molar-refractivity contribution in [2.75, 3.05) is 31.1 Å². The van der Waals surface area contributed by atoms with Gasteiger partial charge in [-0.25, -0.2) is 4.79 Å². The van der Waals surface area contributed by atoms with E-state index >= 15 is 0 Å². The van der Waals surface area contributed by atoms with Gasteiger partial charge in [0.05, 0.1) is 5.92 Å². The van der Waals surface area contributed by atoms with E-state index in [4.69, 9.17) is 11.1 Å². The molecule has 0 radical (unpaired) electrons. The van der Waals surface area contributed by atoms with Gasteiger partial charge in [-0.2, -0.15) is 0 Å². The number of piperazine rings is 1. The summed E-state index contributed by atoms with van der Waals surface area (Å²) in [5, 5.41) is 16.9. The van der Waals surface area contributed by atoms with Gasteiger partial charge < -0.3 is 25.5 Å². The van der Waals surface area contributed by atoms with Gasteiger partial charge in [0.2, 0.25) is 0 Å². The Balaban J connectivity index is 0.00000228. The minimum Gasteiger partial charge on any atom is -0.481 e. The number of amides is 2. The zero-order valence-electron chi connectivity index (χ0n) is 20.2. The number of hydrogen-bond donors (Lipinski definition) is 3. The number of nitrogens with two attached hydrogens (primary N) is 1. The van der Waals surface area contributed by atoms with Gasteiger partial charge in [-0.05, 0) is 55.5 Å². The van der Waals surface area contributed by atoms with Crippen LogP contribution in [0.2, 0.25) is 0 Å². The third-order valence-corrected chi connectivity index (χ3v) is 7.02. The SMILES string of the molecule is Cl.Cl.N=C(N)c1ccc(N2CCN(C(=O)N(Cc3ccccc3)[C@H]3CC[C@H](C(=O)O)CC3)CC2)cc1. The molecule has 2 aliphatic rings. The molecule has 2 aromatic rings. The number of hydrogen-bond acceptors (Lipinski definition) is 4. The average Bonchev–Trinajstić information content (AvgIpc) is 2.88. The summed E-state index contributed by atoms with van der Waals surface area (Å²) in [4.78, 5) is 31.2. The maximum atomic E-state index is 13.7. The van der Waals surface area contributed by atoms with Crippen molar-refractivity contribution in [3.05, 3.63) is 65.7 Å². The summed E-state index contributed by atoms with van der Waals surface area (Å²) in [5.41, 5.74) is 8.40. The van der Waals surface area contributed by atoms with E-state index in [9.17, 15) is 14.7 Å². The van der Waals surface area contributed by atoms with Crippen molar-refractivity contribution in [3.63, 3.8) is 0 Å².